The van der Waals surface area contributed by atoms with Gasteiger partial charge >= 0.3 is 0 Å². The highest BCUT2D eigenvalue weighted by atomic mass is 28.4. The number of ether oxygens (including phenoxy) is 2. The largest absolute Gasteiger partial charge is 0.412 e. The molecular weight excluding hydrogens is 476 g/mol. The van der Waals surface area contributed by atoms with Gasteiger partial charge in [0.2, 0.25) is 0 Å². The Balaban J connectivity index is 1.46. The van der Waals surface area contributed by atoms with Gasteiger partial charge in [0.25, 0.3) is 0 Å². The molecule has 3 aliphatic rings. The Morgan fingerprint density at radius 1 is 1.00 bits per heavy atom. The first kappa shape index (κ1) is 31.3. The molecule has 5 atom stereocenters. The standard InChI is InChI=1S/C32H60O4Si/c1-8-37(9-2,10-3)36-31(5,6)20-14-15-25(4)27-18-19-28-29(33)23-26(24-32(27,28)7)16-12-11-13-17-30-34-21-22-35-30/h25-28,30H,8-24H2,1-7H3/t25-,26+,27-,28+,32-/m1/s1. The van der Waals surface area contributed by atoms with Crippen LogP contribution in [-0.2, 0) is 18.7 Å². The van der Waals surface area contributed by atoms with Crippen molar-refractivity contribution in [3.05, 3.63) is 0 Å². The second-order valence-electron chi connectivity index (χ2n) is 13.8. The first-order valence-electron chi connectivity index (χ1n) is 16.0. The molecule has 0 aromatic heterocycles. The van der Waals surface area contributed by atoms with Gasteiger partial charge in [0.1, 0.15) is 5.78 Å². The minimum absolute atomic E-state index is 0.0159. The maximum atomic E-state index is 13.2. The van der Waals surface area contributed by atoms with E-state index in [1.807, 2.05) is 0 Å². The van der Waals surface area contributed by atoms with Crippen LogP contribution in [0.5, 0.6) is 0 Å². The molecule has 216 valence electrons. The minimum atomic E-state index is -1.58. The van der Waals surface area contributed by atoms with Gasteiger partial charge in [-0.1, -0.05) is 66.7 Å². The quantitative estimate of drug-likeness (QED) is 0.146. The number of Topliss-reactive ketones (excluding diaryl/α,β-unsaturated/α-hetero) is 1. The van der Waals surface area contributed by atoms with Crippen LogP contribution in [0.3, 0.4) is 0 Å². The Kier molecular flexibility index (Phi) is 11.8. The predicted molar refractivity (Wildman–Crippen MR) is 156 cm³/mol. The average molecular weight is 537 g/mol. The maximum Gasteiger partial charge on any atom is 0.192 e. The first-order valence-corrected chi connectivity index (χ1v) is 18.6. The third-order valence-corrected chi connectivity index (χ3v) is 15.7. The summed E-state index contributed by atoms with van der Waals surface area (Å²) in [5, 5.41) is 0. The zero-order valence-corrected chi connectivity index (χ0v) is 26.5. The number of hydrogen-bond acceptors (Lipinski definition) is 4. The summed E-state index contributed by atoms with van der Waals surface area (Å²) in [7, 11) is -1.58. The molecule has 37 heavy (non-hydrogen) atoms. The first-order chi connectivity index (χ1) is 17.6. The summed E-state index contributed by atoms with van der Waals surface area (Å²) < 4.78 is 18.0. The van der Waals surface area contributed by atoms with Crippen LogP contribution in [0.4, 0.5) is 0 Å². The lowest BCUT2D eigenvalue weighted by Gasteiger charge is -2.45. The number of rotatable bonds is 16. The van der Waals surface area contributed by atoms with Crippen LogP contribution in [-0.4, -0.2) is 39.2 Å². The molecule has 0 amide bonds. The topological polar surface area (TPSA) is 44.8 Å². The molecule has 1 aliphatic heterocycles. The molecule has 3 rings (SSSR count). The highest BCUT2D eigenvalue weighted by molar-refractivity contribution is 6.73. The molecular formula is C32H60O4Si. The highest BCUT2D eigenvalue weighted by Crippen LogP contribution is 2.59. The zero-order valence-electron chi connectivity index (χ0n) is 25.5. The number of carbonyl (C=O) groups excluding carboxylic acids is 1. The van der Waals surface area contributed by atoms with Crippen LogP contribution in [0.15, 0.2) is 0 Å². The van der Waals surface area contributed by atoms with E-state index in [4.69, 9.17) is 13.9 Å². The Morgan fingerprint density at radius 3 is 2.30 bits per heavy atom. The summed E-state index contributed by atoms with van der Waals surface area (Å²) in [6.07, 6.45) is 14.0. The third-order valence-electron chi connectivity index (χ3n) is 10.8. The van der Waals surface area contributed by atoms with Crippen molar-refractivity contribution < 1.29 is 18.7 Å². The second-order valence-corrected chi connectivity index (χ2v) is 18.5. The minimum Gasteiger partial charge on any atom is -0.412 e. The van der Waals surface area contributed by atoms with Gasteiger partial charge in [-0.15, -0.1) is 0 Å². The molecule has 1 saturated heterocycles. The fourth-order valence-corrected chi connectivity index (χ4v) is 11.7. The van der Waals surface area contributed by atoms with Gasteiger partial charge in [0.05, 0.1) is 18.8 Å². The maximum absolute atomic E-state index is 13.2. The van der Waals surface area contributed by atoms with E-state index in [-0.39, 0.29) is 17.3 Å². The monoisotopic (exact) mass is 536 g/mol. The van der Waals surface area contributed by atoms with Gasteiger partial charge < -0.3 is 13.9 Å². The average Bonchev–Trinajstić information content (AvgIpc) is 3.50. The number of unbranched alkanes of at least 4 members (excludes halogenated alkanes) is 2. The van der Waals surface area contributed by atoms with Crippen molar-refractivity contribution in [2.45, 2.75) is 156 Å². The number of hydrogen-bond donors (Lipinski definition) is 0. The summed E-state index contributed by atoms with van der Waals surface area (Å²) in [5.41, 5.74) is 0.198. The van der Waals surface area contributed by atoms with Gasteiger partial charge in [-0.05, 0) is 93.7 Å². The summed E-state index contributed by atoms with van der Waals surface area (Å²) in [4.78, 5) is 13.2. The van der Waals surface area contributed by atoms with E-state index in [2.05, 4.69) is 48.5 Å². The molecule has 0 radical (unpaired) electrons. The van der Waals surface area contributed by atoms with Crippen molar-refractivity contribution in [2.75, 3.05) is 13.2 Å². The van der Waals surface area contributed by atoms with Crippen molar-refractivity contribution in [2.24, 2.45) is 29.1 Å². The van der Waals surface area contributed by atoms with Crippen molar-refractivity contribution in [3.8, 4) is 0 Å². The zero-order chi connectivity index (χ0) is 27.1. The van der Waals surface area contributed by atoms with Crippen molar-refractivity contribution >= 4 is 14.1 Å². The van der Waals surface area contributed by atoms with Crippen LogP contribution in [0.1, 0.15) is 126 Å². The van der Waals surface area contributed by atoms with E-state index in [0.717, 1.165) is 38.9 Å². The van der Waals surface area contributed by atoms with Crippen LogP contribution < -0.4 is 0 Å². The number of fused-ring (bicyclic) bond motifs is 1. The molecule has 0 bridgehead atoms. The van der Waals surface area contributed by atoms with E-state index >= 15 is 0 Å². The Bertz CT molecular complexity index is 691. The van der Waals surface area contributed by atoms with Gasteiger partial charge in [0.15, 0.2) is 14.6 Å². The lowest BCUT2D eigenvalue weighted by Crippen LogP contribution is -2.44. The van der Waals surface area contributed by atoms with Gasteiger partial charge in [-0.3, -0.25) is 4.79 Å². The summed E-state index contributed by atoms with van der Waals surface area (Å²) in [6.45, 7) is 18.1. The van der Waals surface area contributed by atoms with Crippen LogP contribution in [0.25, 0.3) is 0 Å². The Morgan fingerprint density at radius 2 is 1.65 bits per heavy atom. The fraction of sp³-hybridized carbons (Fsp3) is 0.969. The van der Waals surface area contributed by atoms with E-state index in [1.54, 1.807) is 0 Å². The van der Waals surface area contributed by atoms with Crippen LogP contribution in [0.2, 0.25) is 18.1 Å². The van der Waals surface area contributed by atoms with Crippen molar-refractivity contribution in [1.82, 2.24) is 0 Å². The van der Waals surface area contributed by atoms with Gasteiger partial charge in [-0.2, -0.15) is 0 Å². The SMILES string of the molecule is CC[Si](CC)(CC)OC(C)(C)CCC[C@@H](C)[C@H]1CC[C@H]2C(=O)C[C@H](CCCCCC3OCCO3)C[C@]12C. The molecule has 0 aromatic carbocycles. The van der Waals surface area contributed by atoms with Crippen molar-refractivity contribution in [3.63, 3.8) is 0 Å². The summed E-state index contributed by atoms with van der Waals surface area (Å²) in [6, 6.07) is 3.67. The molecule has 2 saturated carbocycles. The molecule has 3 fully saturated rings. The second kappa shape index (κ2) is 13.9. The smallest absolute Gasteiger partial charge is 0.192 e. The van der Waals surface area contributed by atoms with E-state index < -0.39 is 8.32 Å². The van der Waals surface area contributed by atoms with Gasteiger partial charge in [-0.25, -0.2) is 0 Å². The summed E-state index contributed by atoms with van der Waals surface area (Å²) >= 11 is 0. The number of carbonyl (C=O) groups is 1. The van der Waals surface area contributed by atoms with Crippen molar-refractivity contribution in [1.29, 1.82) is 0 Å². The lowest BCUT2D eigenvalue weighted by atomic mass is 9.58. The molecule has 0 spiro atoms. The molecule has 1 heterocycles. The van der Waals surface area contributed by atoms with E-state index in [1.165, 1.54) is 69.5 Å². The van der Waals surface area contributed by atoms with E-state index in [0.29, 0.717) is 29.5 Å². The highest BCUT2D eigenvalue weighted by Gasteiger charge is 2.54. The van der Waals surface area contributed by atoms with Crippen LogP contribution >= 0.6 is 0 Å². The molecule has 5 heteroatoms. The lowest BCUT2D eigenvalue weighted by molar-refractivity contribution is -0.132. The number of ketones is 1. The van der Waals surface area contributed by atoms with Crippen LogP contribution in [0, 0.1) is 29.1 Å². The molecule has 0 aromatic rings. The normalized spacial score (nSPS) is 30.1. The Hall–Kier alpha value is -0.233. The predicted octanol–water partition coefficient (Wildman–Crippen LogP) is 8.93. The fourth-order valence-electron chi connectivity index (χ4n) is 8.50. The molecule has 0 N–H and O–H groups in total. The molecule has 4 nitrogen and oxygen atoms in total. The van der Waals surface area contributed by atoms with Gasteiger partial charge in [0, 0.05) is 12.3 Å². The molecule has 2 aliphatic carbocycles. The Labute approximate surface area is 230 Å². The van der Waals surface area contributed by atoms with E-state index in [9.17, 15) is 4.79 Å². The summed E-state index contributed by atoms with van der Waals surface area (Å²) in [5.74, 6) is 2.87. The third kappa shape index (κ3) is 8.14. The molecule has 0 unspecified atom stereocenters.